The number of rotatable bonds is 31. The molecule has 18 N–H and O–H groups in total. The molecule has 31 nitrogen and oxygen atoms in total. The molecule has 0 bridgehead atoms. The average Bonchev–Trinajstić information content (AvgIpc) is 4.04. The molecule has 1 aromatic rings. The molecule has 2 fully saturated rings. The Hall–Kier alpha value is -7.76. The van der Waals surface area contributed by atoms with Crippen LogP contribution in [0.5, 0.6) is 5.75 Å². The van der Waals surface area contributed by atoms with E-state index in [0.29, 0.717) is 6.42 Å². The molecule has 2 aliphatic rings. The topological polar surface area (TPSA) is 512 Å². The van der Waals surface area contributed by atoms with Gasteiger partial charge in [-0.05, 0) is 76.0 Å². The van der Waals surface area contributed by atoms with Crippen molar-refractivity contribution >= 4 is 84.7 Å². The van der Waals surface area contributed by atoms with Crippen molar-refractivity contribution in [2.24, 2.45) is 22.9 Å². The van der Waals surface area contributed by atoms with Crippen molar-refractivity contribution in [1.82, 2.24) is 41.7 Å². The van der Waals surface area contributed by atoms with Crippen LogP contribution in [-0.2, 0) is 73.3 Å². The molecule has 0 aliphatic carbocycles. The fraction of sp³-hybridized carbons (Fsp3) is 0.568. The molecule has 11 amide bonds. The summed E-state index contributed by atoms with van der Waals surface area (Å²) in [4.78, 5) is 188. The number of likely N-dealkylation sites (tertiary alicyclic amines) is 2. The predicted molar refractivity (Wildman–Crippen MR) is 258 cm³/mol. The van der Waals surface area contributed by atoms with Gasteiger partial charge in [0.05, 0.1) is 12.6 Å². The standard InChI is InChI=1S/C44H65N12O19P/c1-22(44(70)71)50-40(66)30-4-2-18-55(30)43(69)28(13-16-34(48)59)53-41(67)31-5-3-19-56(31)42(68)27(12-15-33(47)58)52-39(65)29(20-23-6-8-24(9-7-23)75-76(72,73)74)54-38(64)26(11-14-32(46)57)51-35(60)21-49-37(63)25(45)10-17-36(61)62/h6-9,22,25-31H,2-5,10-21,45H2,1H3,(H2,46,57)(H2,47,58)(H2,48,59)(H,49,63)(H,50,66)(H,51,60)(H,52,65)(H,53,67)(H,54,64)(H,61,62)(H,70,71)(H2,72,73,74)/t22-,25-,26?,27-,28?,29-,30-,31-/m0/s1. The van der Waals surface area contributed by atoms with Crippen LogP contribution in [0.3, 0.4) is 0 Å². The molecular weight excluding hydrogens is 1030 g/mol. The second-order valence-electron chi connectivity index (χ2n) is 18.0. The van der Waals surface area contributed by atoms with Crippen LogP contribution in [0.15, 0.2) is 24.3 Å². The van der Waals surface area contributed by atoms with Gasteiger partial charge in [-0.2, -0.15) is 0 Å². The van der Waals surface area contributed by atoms with Crippen molar-refractivity contribution < 1.29 is 91.4 Å². The summed E-state index contributed by atoms with van der Waals surface area (Å²) in [6.45, 7) is 0.367. The molecule has 32 heteroatoms. The number of aliphatic carboxylic acids is 2. The van der Waals surface area contributed by atoms with Gasteiger partial charge in [-0.3, -0.25) is 72.1 Å². The molecule has 2 saturated heterocycles. The van der Waals surface area contributed by atoms with E-state index in [1.807, 2.05) is 0 Å². The van der Waals surface area contributed by atoms with Crippen molar-refractivity contribution in [3.8, 4) is 5.75 Å². The summed E-state index contributed by atoms with van der Waals surface area (Å²) in [5, 5.41) is 32.4. The first-order valence-corrected chi connectivity index (χ1v) is 25.4. The molecule has 3 rings (SSSR count). The minimum Gasteiger partial charge on any atom is -0.481 e. The smallest absolute Gasteiger partial charge is 0.481 e. The first-order valence-electron chi connectivity index (χ1n) is 23.8. The van der Waals surface area contributed by atoms with Crippen LogP contribution in [0.4, 0.5) is 0 Å². The molecule has 0 spiro atoms. The third kappa shape index (κ3) is 20.9. The monoisotopic (exact) mass is 1100 g/mol. The number of amides is 11. The number of hydrogen-bond acceptors (Lipinski definition) is 16. The lowest BCUT2D eigenvalue weighted by Gasteiger charge is -2.32. The summed E-state index contributed by atoms with van der Waals surface area (Å²) in [7, 11) is -5.01. The highest BCUT2D eigenvalue weighted by molar-refractivity contribution is 7.46. The Morgan fingerprint density at radius 2 is 1.09 bits per heavy atom. The van der Waals surface area contributed by atoms with Crippen molar-refractivity contribution in [1.29, 1.82) is 0 Å². The van der Waals surface area contributed by atoms with Crippen LogP contribution in [-0.4, -0.2) is 175 Å². The third-order valence-corrected chi connectivity index (χ3v) is 12.4. The summed E-state index contributed by atoms with van der Waals surface area (Å²) >= 11 is 0. The quantitative estimate of drug-likeness (QED) is 0.0308. The molecule has 0 aromatic heterocycles. The lowest BCUT2D eigenvalue weighted by molar-refractivity contribution is -0.145. The molecule has 8 atom stereocenters. The van der Waals surface area contributed by atoms with Crippen LogP contribution in [0.2, 0.25) is 0 Å². The zero-order chi connectivity index (χ0) is 57.0. The Morgan fingerprint density at radius 1 is 0.632 bits per heavy atom. The van der Waals surface area contributed by atoms with E-state index in [1.165, 1.54) is 19.1 Å². The largest absolute Gasteiger partial charge is 0.524 e. The summed E-state index contributed by atoms with van der Waals surface area (Å²) < 4.78 is 16.0. The first kappa shape index (κ1) is 62.5. The van der Waals surface area contributed by atoms with Gasteiger partial charge in [-0.1, -0.05) is 12.1 Å². The van der Waals surface area contributed by atoms with E-state index >= 15 is 0 Å². The van der Waals surface area contributed by atoms with Crippen LogP contribution in [0.1, 0.15) is 89.5 Å². The summed E-state index contributed by atoms with van der Waals surface area (Å²) in [6, 6.07) is -6.81. The van der Waals surface area contributed by atoms with Gasteiger partial charge in [-0.25, -0.2) is 4.57 Å². The molecular formula is C44H65N12O19P. The Kier molecular flexibility index (Phi) is 24.2. The second kappa shape index (κ2) is 29.4. The molecule has 2 aliphatic heterocycles. The Balaban J connectivity index is 1.94. The van der Waals surface area contributed by atoms with Crippen LogP contribution in [0, 0.1) is 0 Å². The maximum atomic E-state index is 14.5. The third-order valence-electron chi connectivity index (χ3n) is 12.0. The van der Waals surface area contributed by atoms with Gasteiger partial charge >= 0.3 is 19.8 Å². The number of nitrogens with zero attached hydrogens (tertiary/aromatic N) is 2. The van der Waals surface area contributed by atoms with Crippen molar-refractivity contribution in [2.75, 3.05) is 19.6 Å². The van der Waals surface area contributed by atoms with Crippen LogP contribution in [0.25, 0.3) is 0 Å². The molecule has 1 aromatic carbocycles. The van der Waals surface area contributed by atoms with Crippen molar-refractivity contribution in [3.05, 3.63) is 29.8 Å². The highest BCUT2D eigenvalue weighted by Crippen LogP contribution is 2.37. The number of phosphoric ester groups is 1. The van der Waals surface area contributed by atoms with Crippen LogP contribution < -0.4 is 59.4 Å². The molecule has 76 heavy (non-hydrogen) atoms. The zero-order valence-corrected chi connectivity index (χ0v) is 42.2. The SMILES string of the molecule is C[C@H](NC(=O)[C@@H]1CCCN1C(=O)C(CCC(N)=O)NC(=O)[C@@H]1CCCN1C(=O)[C@H](CCC(N)=O)NC(=O)[C@H](Cc1ccc(OP(=O)(O)O)cc1)NC(=O)C(CCC(N)=O)NC(=O)CNC(=O)[C@@H](N)CCC(=O)O)C(=O)O. The number of primary amides is 3. The van der Waals surface area contributed by atoms with Gasteiger partial charge in [0.2, 0.25) is 65.0 Å². The number of hydrogen-bond donors (Lipinski definition) is 14. The number of nitrogens with two attached hydrogens (primary N) is 4. The number of carboxylic acid groups (broad SMARTS) is 2. The Morgan fingerprint density at radius 3 is 1.57 bits per heavy atom. The maximum absolute atomic E-state index is 14.5. The zero-order valence-electron chi connectivity index (χ0n) is 41.3. The van der Waals surface area contributed by atoms with Gasteiger partial charge < -0.3 is 79.4 Å². The number of carbonyl (C=O) groups is 13. The van der Waals surface area contributed by atoms with Crippen LogP contribution >= 0.6 is 7.82 Å². The molecule has 2 unspecified atom stereocenters. The predicted octanol–water partition coefficient (Wildman–Crippen LogP) is -5.68. The van der Waals surface area contributed by atoms with Gasteiger partial charge in [0.1, 0.15) is 48.0 Å². The summed E-state index contributed by atoms with van der Waals surface area (Å²) in [5.74, 6) is -13.1. The van der Waals surface area contributed by atoms with E-state index in [-0.39, 0.29) is 56.5 Å². The van der Waals surface area contributed by atoms with Gasteiger partial charge in [0.25, 0.3) is 0 Å². The first-order chi connectivity index (χ1) is 35.6. The lowest BCUT2D eigenvalue weighted by atomic mass is 10.0. The number of carbonyl (C=O) groups excluding carboxylic acids is 11. The second-order valence-corrected chi connectivity index (χ2v) is 19.1. The molecule has 420 valence electrons. The van der Waals surface area contributed by atoms with E-state index in [9.17, 15) is 81.8 Å². The van der Waals surface area contributed by atoms with Gasteiger partial charge in [0.15, 0.2) is 0 Å². The summed E-state index contributed by atoms with van der Waals surface area (Å²) in [6.07, 6.45) is -3.18. The number of phosphoric acid groups is 1. The van der Waals surface area contributed by atoms with E-state index in [0.717, 1.165) is 21.9 Å². The average molecular weight is 1100 g/mol. The van der Waals surface area contributed by atoms with Gasteiger partial charge in [-0.15, -0.1) is 0 Å². The van der Waals surface area contributed by atoms with E-state index in [2.05, 4.69) is 36.4 Å². The highest BCUT2D eigenvalue weighted by Gasteiger charge is 2.42. The fourth-order valence-corrected chi connectivity index (χ4v) is 8.45. The molecule has 2 heterocycles. The van der Waals surface area contributed by atoms with E-state index < -0.39 is 185 Å². The minimum absolute atomic E-state index is 0.00659. The lowest BCUT2D eigenvalue weighted by Crippen LogP contribution is -2.60. The maximum Gasteiger partial charge on any atom is 0.524 e. The summed E-state index contributed by atoms with van der Waals surface area (Å²) in [5.41, 5.74) is 22.0. The number of benzene rings is 1. The van der Waals surface area contributed by atoms with Gasteiger partial charge in [0, 0.05) is 45.2 Å². The van der Waals surface area contributed by atoms with Crippen molar-refractivity contribution in [3.63, 3.8) is 0 Å². The van der Waals surface area contributed by atoms with Crippen molar-refractivity contribution in [2.45, 2.75) is 139 Å². The van der Waals surface area contributed by atoms with E-state index in [1.54, 1.807) is 0 Å². The highest BCUT2D eigenvalue weighted by atomic mass is 31.2. The fourth-order valence-electron chi connectivity index (χ4n) is 8.06. The normalized spacial score (nSPS) is 17.5. The van der Waals surface area contributed by atoms with E-state index in [4.69, 9.17) is 28.0 Å². The molecule has 0 saturated carbocycles. The number of carboxylic acids is 2. The molecule has 0 radical (unpaired) electrons. The number of nitrogens with one attached hydrogen (secondary N) is 6. The Bertz CT molecular complexity index is 2400. The Labute approximate surface area is 433 Å². The minimum atomic E-state index is -5.01.